The molecule has 6 heteroatoms. The maximum atomic E-state index is 11.9. The summed E-state index contributed by atoms with van der Waals surface area (Å²) in [5, 5.41) is 4.82. The van der Waals surface area contributed by atoms with E-state index in [-0.39, 0.29) is 5.91 Å². The zero-order valence-corrected chi connectivity index (χ0v) is 15.0. The Balaban J connectivity index is 1.34. The molecule has 0 unspecified atom stereocenters. The summed E-state index contributed by atoms with van der Waals surface area (Å²) >= 11 is 6.28. The summed E-state index contributed by atoms with van der Waals surface area (Å²) in [6.45, 7) is 5.18. The van der Waals surface area contributed by atoms with Crippen LogP contribution in [-0.2, 0) is 11.3 Å². The number of nitrogens with one attached hydrogen (secondary N) is 1. The molecule has 2 aliphatic rings. The molecule has 1 N–H and O–H groups in total. The molecule has 1 aromatic heterocycles. The molecule has 1 saturated carbocycles. The first-order valence-electron chi connectivity index (χ1n) is 8.95. The van der Waals surface area contributed by atoms with Gasteiger partial charge in [0.1, 0.15) is 0 Å². The second-order valence-electron chi connectivity index (χ2n) is 7.00. The number of aromatic nitrogens is 1. The van der Waals surface area contributed by atoms with Crippen molar-refractivity contribution in [3.63, 3.8) is 0 Å². The lowest BCUT2D eigenvalue weighted by Gasteiger charge is -2.34. The summed E-state index contributed by atoms with van der Waals surface area (Å²) in [7, 11) is 0. The van der Waals surface area contributed by atoms with Crippen LogP contribution in [0.15, 0.2) is 30.5 Å². The zero-order valence-electron chi connectivity index (χ0n) is 14.2. The Morgan fingerprint density at radius 1 is 1.16 bits per heavy atom. The van der Waals surface area contributed by atoms with Crippen molar-refractivity contribution in [1.82, 2.24) is 20.1 Å². The maximum absolute atomic E-state index is 11.9. The average molecular weight is 359 g/mol. The first kappa shape index (κ1) is 16.8. The molecular weight excluding hydrogens is 336 g/mol. The van der Waals surface area contributed by atoms with Gasteiger partial charge in [0.15, 0.2) is 0 Å². The van der Waals surface area contributed by atoms with E-state index in [2.05, 4.69) is 26.2 Å². The minimum absolute atomic E-state index is 0.170. The highest BCUT2D eigenvalue weighted by atomic mass is 35.5. The van der Waals surface area contributed by atoms with Gasteiger partial charge in [-0.1, -0.05) is 17.7 Å². The van der Waals surface area contributed by atoms with Crippen LogP contribution in [0, 0.1) is 0 Å². The van der Waals surface area contributed by atoms with Crippen molar-refractivity contribution < 1.29 is 4.79 Å². The van der Waals surface area contributed by atoms with Gasteiger partial charge in [0.05, 0.1) is 12.1 Å². The fraction of sp³-hybridized carbons (Fsp3) is 0.474. The topological polar surface area (TPSA) is 48.5 Å². The van der Waals surface area contributed by atoms with Crippen molar-refractivity contribution in [3.8, 4) is 0 Å². The van der Waals surface area contributed by atoms with E-state index in [9.17, 15) is 4.79 Å². The Hall–Kier alpha value is -1.69. The Morgan fingerprint density at radius 3 is 2.68 bits per heavy atom. The standard InChI is InChI=1S/C19H23ClN4O/c20-17-6-3-14(19-16(17)2-1-7-21-19)12-23-8-10-24(11-9-23)13-18(25)22-15-4-5-15/h1-3,6-7,15H,4-5,8-13H2,(H,22,25). The lowest BCUT2D eigenvalue weighted by atomic mass is 10.1. The largest absolute Gasteiger partial charge is 0.352 e. The molecule has 4 rings (SSSR count). The molecule has 25 heavy (non-hydrogen) atoms. The molecule has 2 aromatic rings. The molecule has 132 valence electrons. The molecular formula is C19H23ClN4O. The first-order valence-corrected chi connectivity index (χ1v) is 9.33. The van der Waals surface area contributed by atoms with Crippen LogP contribution in [0.3, 0.4) is 0 Å². The number of benzene rings is 1. The normalized spacial score (nSPS) is 19.2. The maximum Gasteiger partial charge on any atom is 0.234 e. The average Bonchev–Trinajstić information content (AvgIpc) is 3.43. The van der Waals surface area contributed by atoms with Gasteiger partial charge in [-0.15, -0.1) is 0 Å². The van der Waals surface area contributed by atoms with Crippen molar-refractivity contribution in [1.29, 1.82) is 0 Å². The van der Waals surface area contributed by atoms with Crippen LogP contribution >= 0.6 is 11.6 Å². The van der Waals surface area contributed by atoms with Crippen molar-refractivity contribution in [2.24, 2.45) is 0 Å². The van der Waals surface area contributed by atoms with Crippen molar-refractivity contribution in [3.05, 3.63) is 41.0 Å². The van der Waals surface area contributed by atoms with E-state index in [1.54, 1.807) is 0 Å². The Bertz CT molecular complexity index is 769. The number of nitrogens with zero attached hydrogens (tertiary/aromatic N) is 3. The van der Waals surface area contributed by atoms with Gasteiger partial charge in [-0.05, 0) is 36.6 Å². The minimum atomic E-state index is 0.170. The summed E-state index contributed by atoms with van der Waals surface area (Å²) in [6.07, 6.45) is 4.10. The lowest BCUT2D eigenvalue weighted by Crippen LogP contribution is -2.49. The monoisotopic (exact) mass is 358 g/mol. The number of hydrogen-bond acceptors (Lipinski definition) is 4. The van der Waals surface area contributed by atoms with Crippen LogP contribution in [-0.4, -0.2) is 59.5 Å². The lowest BCUT2D eigenvalue weighted by molar-refractivity contribution is -0.122. The number of halogens is 1. The number of carbonyl (C=O) groups excluding carboxylic acids is 1. The molecule has 0 atom stereocenters. The molecule has 5 nitrogen and oxygen atoms in total. The summed E-state index contributed by atoms with van der Waals surface area (Å²) in [4.78, 5) is 21.1. The third-order valence-corrected chi connectivity index (χ3v) is 5.30. The van der Waals surface area contributed by atoms with E-state index < -0.39 is 0 Å². The second-order valence-corrected chi connectivity index (χ2v) is 7.41. The van der Waals surface area contributed by atoms with E-state index in [1.165, 1.54) is 5.56 Å². The van der Waals surface area contributed by atoms with Crippen molar-refractivity contribution in [2.75, 3.05) is 32.7 Å². The van der Waals surface area contributed by atoms with Gasteiger partial charge in [-0.3, -0.25) is 19.6 Å². The van der Waals surface area contributed by atoms with E-state index in [1.807, 2.05) is 24.4 Å². The number of fused-ring (bicyclic) bond motifs is 1. The summed E-state index contributed by atoms with van der Waals surface area (Å²) in [5.41, 5.74) is 2.20. The van der Waals surface area contributed by atoms with Crippen LogP contribution < -0.4 is 5.32 Å². The predicted octanol–water partition coefficient (Wildman–Crippen LogP) is 2.28. The summed E-state index contributed by atoms with van der Waals surface area (Å²) in [6, 6.07) is 8.42. The Labute approximate surface area is 153 Å². The number of amides is 1. The highest BCUT2D eigenvalue weighted by Gasteiger charge is 2.25. The molecule has 2 heterocycles. The van der Waals surface area contributed by atoms with Gasteiger partial charge in [0, 0.05) is 55.4 Å². The van der Waals surface area contributed by atoms with E-state index >= 15 is 0 Å². The molecule has 0 spiro atoms. The first-order chi connectivity index (χ1) is 12.2. The summed E-state index contributed by atoms with van der Waals surface area (Å²) < 4.78 is 0. The van der Waals surface area contributed by atoms with E-state index in [0.717, 1.165) is 61.5 Å². The number of pyridine rings is 1. The smallest absolute Gasteiger partial charge is 0.234 e. The molecule has 0 bridgehead atoms. The molecule has 0 radical (unpaired) electrons. The molecule has 1 amide bonds. The number of piperazine rings is 1. The number of hydrogen-bond donors (Lipinski definition) is 1. The highest BCUT2D eigenvalue weighted by Crippen LogP contribution is 2.25. The number of carbonyl (C=O) groups is 1. The van der Waals surface area contributed by atoms with Crippen LogP contribution in [0.5, 0.6) is 0 Å². The van der Waals surface area contributed by atoms with E-state index in [4.69, 9.17) is 11.6 Å². The third kappa shape index (κ3) is 4.11. The summed E-state index contributed by atoms with van der Waals surface area (Å²) in [5.74, 6) is 0.170. The quantitative estimate of drug-likeness (QED) is 0.890. The van der Waals surface area contributed by atoms with Gasteiger partial charge in [0.25, 0.3) is 0 Å². The van der Waals surface area contributed by atoms with Crippen LogP contribution in [0.25, 0.3) is 10.9 Å². The third-order valence-electron chi connectivity index (χ3n) is 4.97. The highest BCUT2D eigenvalue weighted by molar-refractivity contribution is 6.35. The van der Waals surface area contributed by atoms with Gasteiger partial charge in [-0.2, -0.15) is 0 Å². The molecule has 1 aliphatic carbocycles. The minimum Gasteiger partial charge on any atom is -0.352 e. The second kappa shape index (κ2) is 7.28. The molecule has 1 aliphatic heterocycles. The van der Waals surface area contributed by atoms with Crippen LogP contribution in [0.2, 0.25) is 5.02 Å². The SMILES string of the molecule is O=C(CN1CCN(Cc2ccc(Cl)c3cccnc23)CC1)NC1CC1. The fourth-order valence-corrected chi connectivity index (χ4v) is 3.59. The van der Waals surface area contributed by atoms with Crippen molar-refractivity contribution >= 4 is 28.4 Å². The Morgan fingerprint density at radius 2 is 1.92 bits per heavy atom. The van der Waals surface area contributed by atoms with Crippen LogP contribution in [0.1, 0.15) is 18.4 Å². The number of rotatable bonds is 5. The van der Waals surface area contributed by atoms with E-state index in [0.29, 0.717) is 12.6 Å². The predicted molar refractivity (Wildman–Crippen MR) is 99.6 cm³/mol. The van der Waals surface area contributed by atoms with Crippen LogP contribution in [0.4, 0.5) is 0 Å². The van der Waals surface area contributed by atoms with Crippen molar-refractivity contribution in [2.45, 2.75) is 25.4 Å². The fourth-order valence-electron chi connectivity index (χ4n) is 3.37. The van der Waals surface area contributed by atoms with Gasteiger partial charge >= 0.3 is 0 Å². The van der Waals surface area contributed by atoms with Gasteiger partial charge in [-0.25, -0.2) is 0 Å². The molecule has 1 saturated heterocycles. The molecule has 1 aromatic carbocycles. The van der Waals surface area contributed by atoms with Gasteiger partial charge in [0.2, 0.25) is 5.91 Å². The zero-order chi connectivity index (χ0) is 17.2. The van der Waals surface area contributed by atoms with Gasteiger partial charge < -0.3 is 5.32 Å². The Kier molecular flexibility index (Phi) is 4.88. The molecule has 2 fully saturated rings.